The van der Waals surface area contributed by atoms with E-state index >= 15 is 0 Å². The van der Waals surface area contributed by atoms with E-state index in [1.54, 1.807) is 11.3 Å². The summed E-state index contributed by atoms with van der Waals surface area (Å²) in [6, 6.07) is 7.59. The van der Waals surface area contributed by atoms with Crippen molar-refractivity contribution in [2.24, 2.45) is 0 Å². The first-order valence-corrected chi connectivity index (χ1v) is 7.28. The first-order valence-electron chi connectivity index (χ1n) is 6.40. The SMILES string of the molecule is CN(CCc1cccs1)CC(O)c1ccc(F)c(F)c1. The summed E-state index contributed by atoms with van der Waals surface area (Å²) >= 11 is 1.70. The normalized spacial score (nSPS) is 12.8. The summed E-state index contributed by atoms with van der Waals surface area (Å²) < 4.78 is 25.9. The van der Waals surface area contributed by atoms with E-state index < -0.39 is 17.7 Å². The number of hydrogen-bond donors (Lipinski definition) is 1. The molecule has 1 atom stereocenters. The number of rotatable bonds is 6. The molecule has 20 heavy (non-hydrogen) atoms. The molecular formula is C15H17F2NOS. The number of hydrogen-bond acceptors (Lipinski definition) is 3. The number of nitrogens with zero attached hydrogens (tertiary/aromatic N) is 1. The highest BCUT2D eigenvalue weighted by atomic mass is 32.1. The molecule has 0 bridgehead atoms. The Kier molecular flexibility index (Phi) is 5.23. The Labute approximate surface area is 121 Å². The highest BCUT2D eigenvalue weighted by Gasteiger charge is 2.13. The van der Waals surface area contributed by atoms with E-state index in [4.69, 9.17) is 0 Å². The highest BCUT2D eigenvalue weighted by Crippen LogP contribution is 2.17. The van der Waals surface area contributed by atoms with Crippen molar-refractivity contribution in [1.82, 2.24) is 4.90 Å². The Bertz CT molecular complexity index is 545. The van der Waals surface area contributed by atoms with Gasteiger partial charge < -0.3 is 10.0 Å². The molecule has 2 nitrogen and oxygen atoms in total. The molecular weight excluding hydrogens is 280 g/mol. The van der Waals surface area contributed by atoms with Crippen molar-refractivity contribution in [2.75, 3.05) is 20.1 Å². The Hall–Kier alpha value is -1.30. The van der Waals surface area contributed by atoms with Crippen molar-refractivity contribution in [1.29, 1.82) is 0 Å². The molecule has 0 saturated carbocycles. The molecule has 1 unspecified atom stereocenters. The lowest BCUT2D eigenvalue weighted by molar-refractivity contribution is 0.127. The first-order chi connectivity index (χ1) is 9.56. The molecule has 1 heterocycles. The van der Waals surface area contributed by atoms with Crippen LogP contribution in [-0.2, 0) is 6.42 Å². The highest BCUT2D eigenvalue weighted by molar-refractivity contribution is 7.09. The fourth-order valence-corrected chi connectivity index (χ4v) is 2.67. The molecule has 2 rings (SSSR count). The molecule has 0 amide bonds. The van der Waals surface area contributed by atoms with Gasteiger partial charge in [-0.2, -0.15) is 0 Å². The lowest BCUT2D eigenvalue weighted by Crippen LogP contribution is -2.26. The van der Waals surface area contributed by atoms with Gasteiger partial charge in [0.1, 0.15) is 0 Å². The van der Waals surface area contributed by atoms with Crippen LogP contribution in [0.15, 0.2) is 35.7 Å². The van der Waals surface area contributed by atoms with Crippen LogP contribution in [-0.4, -0.2) is 30.1 Å². The summed E-state index contributed by atoms with van der Waals surface area (Å²) in [7, 11) is 1.90. The number of aliphatic hydroxyl groups excluding tert-OH is 1. The third kappa shape index (κ3) is 4.10. The van der Waals surface area contributed by atoms with Crippen LogP contribution in [0.2, 0.25) is 0 Å². The van der Waals surface area contributed by atoms with Crippen molar-refractivity contribution in [3.05, 3.63) is 57.8 Å². The minimum Gasteiger partial charge on any atom is -0.387 e. The third-order valence-electron chi connectivity index (χ3n) is 3.13. The van der Waals surface area contributed by atoms with E-state index in [1.165, 1.54) is 10.9 Å². The van der Waals surface area contributed by atoms with E-state index in [2.05, 4.69) is 6.07 Å². The van der Waals surface area contributed by atoms with Crippen molar-refractivity contribution >= 4 is 11.3 Å². The molecule has 0 spiro atoms. The first kappa shape index (κ1) is 15.1. The molecule has 0 radical (unpaired) electrons. The second-order valence-corrected chi connectivity index (χ2v) is 5.81. The van der Waals surface area contributed by atoms with Gasteiger partial charge in [-0.3, -0.25) is 0 Å². The van der Waals surface area contributed by atoms with Crippen molar-refractivity contribution in [2.45, 2.75) is 12.5 Å². The molecule has 0 saturated heterocycles. The van der Waals surface area contributed by atoms with Crippen LogP contribution in [0.4, 0.5) is 8.78 Å². The van der Waals surface area contributed by atoms with Gasteiger partial charge in [-0.1, -0.05) is 12.1 Å². The number of benzene rings is 1. The van der Waals surface area contributed by atoms with Crippen LogP contribution in [0.3, 0.4) is 0 Å². The minimum absolute atomic E-state index is 0.385. The largest absolute Gasteiger partial charge is 0.387 e. The van der Waals surface area contributed by atoms with Gasteiger partial charge in [0.2, 0.25) is 0 Å². The van der Waals surface area contributed by atoms with Crippen molar-refractivity contribution in [3.8, 4) is 0 Å². The molecule has 1 aromatic carbocycles. The van der Waals surface area contributed by atoms with Gasteiger partial charge in [-0.15, -0.1) is 11.3 Å². The fourth-order valence-electron chi connectivity index (χ4n) is 1.97. The average molecular weight is 297 g/mol. The predicted octanol–water partition coefficient (Wildman–Crippen LogP) is 3.23. The van der Waals surface area contributed by atoms with Crippen LogP contribution in [0.1, 0.15) is 16.5 Å². The minimum atomic E-state index is -0.928. The molecule has 0 aliphatic carbocycles. The molecule has 1 aromatic heterocycles. The van der Waals surface area contributed by atoms with E-state index in [0.717, 1.165) is 25.1 Å². The molecule has 2 aromatic rings. The molecule has 1 N–H and O–H groups in total. The van der Waals surface area contributed by atoms with E-state index in [-0.39, 0.29) is 0 Å². The Morgan fingerprint density at radius 2 is 2.05 bits per heavy atom. The Morgan fingerprint density at radius 3 is 2.70 bits per heavy atom. The molecule has 5 heteroatoms. The second-order valence-electron chi connectivity index (χ2n) is 4.78. The zero-order valence-corrected chi connectivity index (χ0v) is 12.0. The quantitative estimate of drug-likeness (QED) is 0.885. The van der Waals surface area contributed by atoms with Gasteiger partial charge in [0, 0.05) is 18.0 Å². The van der Waals surface area contributed by atoms with Gasteiger partial charge in [-0.05, 0) is 42.6 Å². The van der Waals surface area contributed by atoms with Crippen LogP contribution < -0.4 is 0 Å². The summed E-state index contributed by atoms with van der Waals surface area (Å²) in [5, 5.41) is 12.1. The van der Waals surface area contributed by atoms with Crippen LogP contribution in [0.25, 0.3) is 0 Å². The monoisotopic (exact) mass is 297 g/mol. The number of thiophene rings is 1. The zero-order valence-electron chi connectivity index (χ0n) is 11.2. The van der Waals surface area contributed by atoms with Gasteiger partial charge in [0.05, 0.1) is 6.10 Å². The maximum atomic E-state index is 13.1. The molecule has 0 fully saturated rings. The maximum absolute atomic E-state index is 13.1. The Balaban J connectivity index is 1.86. The number of halogens is 2. The standard InChI is InChI=1S/C15H17F2NOS/c1-18(7-6-12-3-2-8-20-12)10-15(19)11-4-5-13(16)14(17)9-11/h2-5,8-9,15,19H,6-7,10H2,1H3. The van der Waals surface area contributed by atoms with Crippen molar-refractivity contribution in [3.63, 3.8) is 0 Å². The van der Waals surface area contributed by atoms with Crippen molar-refractivity contribution < 1.29 is 13.9 Å². The Morgan fingerprint density at radius 1 is 1.25 bits per heavy atom. The summed E-state index contributed by atoms with van der Waals surface area (Å²) in [4.78, 5) is 3.27. The van der Waals surface area contributed by atoms with E-state index in [0.29, 0.717) is 12.1 Å². The van der Waals surface area contributed by atoms with E-state index in [1.807, 2.05) is 23.4 Å². The smallest absolute Gasteiger partial charge is 0.159 e. The predicted molar refractivity (Wildman–Crippen MR) is 76.8 cm³/mol. The zero-order chi connectivity index (χ0) is 14.5. The van der Waals surface area contributed by atoms with E-state index in [9.17, 15) is 13.9 Å². The second kappa shape index (κ2) is 6.92. The van der Waals surface area contributed by atoms with Crippen LogP contribution in [0.5, 0.6) is 0 Å². The summed E-state index contributed by atoms with van der Waals surface area (Å²) in [6.07, 6.45) is 0.0945. The molecule has 108 valence electrons. The van der Waals surface area contributed by atoms with Gasteiger partial charge >= 0.3 is 0 Å². The summed E-state index contributed by atoms with van der Waals surface area (Å²) in [5.74, 6) is -1.82. The lowest BCUT2D eigenvalue weighted by Gasteiger charge is -2.20. The number of aliphatic hydroxyl groups is 1. The van der Waals surface area contributed by atoms with Gasteiger partial charge in [0.15, 0.2) is 11.6 Å². The molecule has 0 aliphatic heterocycles. The van der Waals surface area contributed by atoms with Crippen LogP contribution >= 0.6 is 11.3 Å². The lowest BCUT2D eigenvalue weighted by atomic mass is 10.1. The topological polar surface area (TPSA) is 23.5 Å². The molecule has 0 aliphatic rings. The summed E-state index contributed by atoms with van der Waals surface area (Å²) in [5.41, 5.74) is 0.395. The average Bonchev–Trinajstić information content (AvgIpc) is 2.92. The maximum Gasteiger partial charge on any atom is 0.159 e. The fraction of sp³-hybridized carbons (Fsp3) is 0.333. The third-order valence-corrected chi connectivity index (χ3v) is 4.07. The van der Waals surface area contributed by atoms with Gasteiger partial charge in [-0.25, -0.2) is 8.78 Å². The summed E-state index contributed by atoms with van der Waals surface area (Å²) in [6.45, 7) is 1.19. The number of likely N-dealkylation sites (N-methyl/N-ethyl adjacent to an activating group) is 1. The van der Waals surface area contributed by atoms with Gasteiger partial charge in [0.25, 0.3) is 0 Å². The van der Waals surface area contributed by atoms with Crippen LogP contribution in [0, 0.1) is 11.6 Å².